The molecule has 3 aromatic rings. The predicted molar refractivity (Wildman–Crippen MR) is 88.7 cm³/mol. The van der Waals surface area contributed by atoms with E-state index >= 15 is 0 Å². The fraction of sp³-hybridized carbons (Fsp3) is 0.0625. The van der Waals surface area contributed by atoms with Crippen LogP contribution in [0.15, 0.2) is 60.8 Å². The van der Waals surface area contributed by atoms with Crippen molar-refractivity contribution in [2.45, 2.75) is 0 Å². The first kappa shape index (κ1) is 13.4. The molecule has 0 radical (unpaired) electrons. The maximum Gasteiger partial charge on any atom is 0.124 e. The first-order valence-electron chi connectivity index (χ1n) is 6.93. The van der Waals surface area contributed by atoms with Gasteiger partial charge in [0, 0.05) is 11.6 Å². The van der Waals surface area contributed by atoms with E-state index in [9.17, 15) is 5.11 Å². The van der Waals surface area contributed by atoms with Crippen LogP contribution in [0.2, 0.25) is 0 Å². The highest BCUT2D eigenvalue weighted by atomic mass is 32.2. The van der Waals surface area contributed by atoms with Gasteiger partial charge in [0.05, 0.1) is 16.1 Å². The normalized spacial score (nSPS) is 15.0. The monoisotopic (exact) mass is 310 g/mol. The minimum absolute atomic E-state index is 0.0675. The molecular formula is C16H14N4OS. The van der Waals surface area contributed by atoms with Crippen molar-refractivity contribution in [1.82, 2.24) is 19.6 Å². The van der Waals surface area contributed by atoms with Gasteiger partial charge >= 0.3 is 0 Å². The number of aliphatic hydroxyl groups is 1. The van der Waals surface area contributed by atoms with Crippen LogP contribution >= 0.6 is 11.9 Å². The van der Waals surface area contributed by atoms with Gasteiger partial charge in [-0.2, -0.15) is 5.10 Å². The molecule has 0 saturated heterocycles. The van der Waals surface area contributed by atoms with Crippen LogP contribution in [0.5, 0.6) is 0 Å². The number of aromatic nitrogens is 2. The van der Waals surface area contributed by atoms with Gasteiger partial charge in [-0.25, -0.2) is 4.68 Å². The number of nitrogens with zero attached hydrogens (tertiary/aromatic N) is 3. The van der Waals surface area contributed by atoms with Crippen molar-refractivity contribution in [3.8, 4) is 5.69 Å². The Balaban J connectivity index is 1.87. The summed E-state index contributed by atoms with van der Waals surface area (Å²) in [6.45, 7) is -0.0675. The van der Waals surface area contributed by atoms with Gasteiger partial charge in [-0.05, 0) is 30.1 Å². The summed E-state index contributed by atoms with van der Waals surface area (Å²) in [5, 5.41) is 15.1. The molecule has 1 aromatic heterocycles. The van der Waals surface area contributed by atoms with Crippen molar-refractivity contribution < 1.29 is 5.11 Å². The highest BCUT2D eigenvalue weighted by Gasteiger charge is 2.21. The lowest BCUT2D eigenvalue weighted by Crippen LogP contribution is -2.23. The summed E-state index contributed by atoms with van der Waals surface area (Å²) in [4.78, 5) is 0.986. The van der Waals surface area contributed by atoms with E-state index in [1.807, 2.05) is 53.3 Å². The van der Waals surface area contributed by atoms with Crippen LogP contribution in [0.3, 0.4) is 0 Å². The Bertz CT molecular complexity index is 844. The Labute approximate surface area is 132 Å². The zero-order chi connectivity index (χ0) is 14.9. The highest BCUT2D eigenvalue weighted by molar-refractivity contribution is 8.06. The summed E-state index contributed by atoms with van der Waals surface area (Å²) in [5.74, 6) is 0. The zero-order valence-corrected chi connectivity index (χ0v) is 12.5. The van der Waals surface area contributed by atoms with E-state index in [0.717, 1.165) is 27.2 Å². The Morgan fingerprint density at radius 2 is 1.82 bits per heavy atom. The Morgan fingerprint density at radius 1 is 1.05 bits per heavy atom. The summed E-state index contributed by atoms with van der Waals surface area (Å²) < 4.78 is 3.60. The van der Waals surface area contributed by atoms with E-state index in [-0.39, 0.29) is 6.73 Å². The van der Waals surface area contributed by atoms with Crippen molar-refractivity contribution in [2.75, 3.05) is 6.73 Å². The van der Waals surface area contributed by atoms with Gasteiger partial charge in [0.25, 0.3) is 0 Å². The number of fused-ring (bicyclic) bond motifs is 1. The van der Waals surface area contributed by atoms with Crippen LogP contribution in [0.25, 0.3) is 21.5 Å². The van der Waals surface area contributed by atoms with Crippen LogP contribution in [0.1, 0.15) is 5.69 Å². The van der Waals surface area contributed by atoms with Crippen LogP contribution in [0, 0.1) is 0 Å². The molecule has 0 amide bonds. The van der Waals surface area contributed by atoms with Gasteiger partial charge in [-0.3, -0.25) is 0 Å². The van der Waals surface area contributed by atoms with Crippen LogP contribution < -0.4 is 5.43 Å². The molecule has 1 aliphatic heterocycles. The quantitative estimate of drug-likeness (QED) is 0.729. The molecule has 0 atom stereocenters. The molecule has 2 heterocycles. The first-order chi connectivity index (χ1) is 10.9. The SMILES string of the molecule is OCN1NC=C(c2nn(-c3ccccc3)c3ccccc23)S1. The lowest BCUT2D eigenvalue weighted by atomic mass is 10.2. The lowest BCUT2D eigenvalue weighted by Gasteiger charge is -2.09. The maximum atomic E-state index is 9.21. The lowest BCUT2D eigenvalue weighted by molar-refractivity contribution is 0.170. The summed E-state index contributed by atoms with van der Waals surface area (Å²) >= 11 is 1.44. The molecule has 0 bridgehead atoms. The van der Waals surface area contributed by atoms with E-state index < -0.39 is 0 Å². The molecule has 0 aliphatic carbocycles. The van der Waals surface area contributed by atoms with E-state index in [4.69, 9.17) is 5.10 Å². The Kier molecular flexibility index (Phi) is 3.34. The van der Waals surface area contributed by atoms with Crippen molar-refractivity contribution in [3.63, 3.8) is 0 Å². The number of para-hydroxylation sites is 2. The van der Waals surface area contributed by atoms with Gasteiger partial charge in [0.1, 0.15) is 12.4 Å². The van der Waals surface area contributed by atoms with E-state index in [1.165, 1.54) is 11.9 Å². The Hall–Kier alpha value is -2.28. The third kappa shape index (κ3) is 2.18. The predicted octanol–water partition coefficient (Wildman–Crippen LogP) is 2.74. The molecule has 6 heteroatoms. The van der Waals surface area contributed by atoms with Crippen LogP contribution in [-0.4, -0.2) is 26.0 Å². The second-order valence-corrected chi connectivity index (χ2v) is 5.93. The smallest absolute Gasteiger partial charge is 0.124 e. The summed E-state index contributed by atoms with van der Waals surface area (Å²) in [6.07, 6.45) is 1.87. The average molecular weight is 310 g/mol. The second-order valence-electron chi connectivity index (χ2n) is 4.86. The van der Waals surface area contributed by atoms with Gasteiger partial charge in [-0.15, -0.1) is 4.41 Å². The number of hydrazine groups is 1. The molecule has 5 nitrogen and oxygen atoms in total. The molecule has 0 unspecified atom stereocenters. The van der Waals surface area contributed by atoms with Crippen molar-refractivity contribution >= 4 is 27.8 Å². The number of aliphatic hydroxyl groups excluding tert-OH is 1. The van der Waals surface area contributed by atoms with Crippen molar-refractivity contribution in [1.29, 1.82) is 0 Å². The molecule has 2 N–H and O–H groups in total. The number of rotatable bonds is 3. The molecule has 0 fully saturated rings. The van der Waals surface area contributed by atoms with Crippen LogP contribution in [-0.2, 0) is 0 Å². The highest BCUT2D eigenvalue weighted by Crippen LogP contribution is 2.36. The van der Waals surface area contributed by atoms with Crippen LogP contribution in [0.4, 0.5) is 0 Å². The van der Waals surface area contributed by atoms with E-state index in [1.54, 1.807) is 4.41 Å². The van der Waals surface area contributed by atoms with E-state index in [0.29, 0.717) is 0 Å². The third-order valence-corrected chi connectivity index (χ3v) is 4.45. The fourth-order valence-electron chi connectivity index (χ4n) is 2.50. The molecule has 22 heavy (non-hydrogen) atoms. The fourth-order valence-corrected chi connectivity index (χ4v) is 3.24. The molecule has 0 saturated carbocycles. The summed E-state index contributed by atoms with van der Waals surface area (Å²) in [7, 11) is 0. The van der Waals surface area contributed by atoms with Gasteiger partial charge < -0.3 is 10.5 Å². The standard InChI is InChI=1S/C16H14N4OS/c21-11-19-17-10-15(22-19)16-13-8-4-5-9-14(13)20(18-16)12-6-2-1-3-7-12/h1-10,17,21H,11H2. The molecular weight excluding hydrogens is 296 g/mol. The zero-order valence-electron chi connectivity index (χ0n) is 11.7. The van der Waals surface area contributed by atoms with Gasteiger partial charge in [0.15, 0.2) is 0 Å². The van der Waals surface area contributed by atoms with Crippen molar-refractivity contribution in [3.05, 3.63) is 66.5 Å². The van der Waals surface area contributed by atoms with Gasteiger partial charge in [-0.1, -0.05) is 36.4 Å². The topological polar surface area (TPSA) is 53.3 Å². The first-order valence-corrected chi connectivity index (χ1v) is 7.70. The summed E-state index contributed by atoms with van der Waals surface area (Å²) in [5.41, 5.74) is 6.00. The number of benzene rings is 2. The largest absolute Gasteiger partial charge is 0.378 e. The minimum atomic E-state index is -0.0675. The molecule has 4 rings (SSSR count). The average Bonchev–Trinajstić information content (AvgIpc) is 3.20. The number of hydrogen-bond acceptors (Lipinski definition) is 5. The molecule has 0 spiro atoms. The summed E-state index contributed by atoms with van der Waals surface area (Å²) in [6, 6.07) is 18.2. The Morgan fingerprint density at radius 3 is 2.59 bits per heavy atom. The van der Waals surface area contributed by atoms with E-state index in [2.05, 4.69) is 17.6 Å². The third-order valence-electron chi connectivity index (χ3n) is 3.50. The molecule has 1 aliphatic rings. The van der Waals surface area contributed by atoms with Gasteiger partial charge in [0.2, 0.25) is 0 Å². The second kappa shape index (κ2) is 5.49. The maximum absolute atomic E-state index is 9.21. The van der Waals surface area contributed by atoms with Crippen molar-refractivity contribution in [2.24, 2.45) is 0 Å². The molecule has 2 aromatic carbocycles. The molecule has 110 valence electrons. The number of nitrogens with one attached hydrogen (secondary N) is 1. The number of hydrogen-bond donors (Lipinski definition) is 2. The minimum Gasteiger partial charge on any atom is -0.378 e.